The molecular formula is C14H15FN2. The first-order chi connectivity index (χ1) is 8.31. The Kier molecular flexibility index (Phi) is 3.83. The van der Waals surface area contributed by atoms with Crippen molar-refractivity contribution < 1.29 is 4.39 Å². The minimum atomic E-state index is -0.166. The van der Waals surface area contributed by atoms with E-state index >= 15 is 0 Å². The van der Waals surface area contributed by atoms with Gasteiger partial charge in [0, 0.05) is 24.0 Å². The molecule has 0 amide bonds. The fourth-order valence-corrected chi connectivity index (χ4v) is 1.88. The van der Waals surface area contributed by atoms with Crippen molar-refractivity contribution in [3.8, 4) is 0 Å². The number of halogens is 1. The average Bonchev–Trinajstić information content (AvgIpc) is 2.38. The van der Waals surface area contributed by atoms with Crippen molar-refractivity contribution in [3.63, 3.8) is 0 Å². The number of nitrogens with zero attached hydrogens (tertiary/aromatic N) is 1. The van der Waals surface area contributed by atoms with Gasteiger partial charge in [-0.25, -0.2) is 4.39 Å². The van der Waals surface area contributed by atoms with Crippen molar-refractivity contribution in [2.75, 3.05) is 7.05 Å². The van der Waals surface area contributed by atoms with E-state index in [1.165, 1.54) is 6.07 Å². The normalized spacial score (nSPS) is 12.4. The Bertz CT molecular complexity index is 471. The zero-order valence-corrected chi connectivity index (χ0v) is 9.73. The maximum atomic E-state index is 13.7. The van der Waals surface area contributed by atoms with Crippen molar-refractivity contribution in [2.45, 2.75) is 12.5 Å². The highest BCUT2D eigenvalue weighted by Crippen LogP contribution is 2.20. The van der Waals surface area contributed by atoms with Crippen LogP contribution < -0.4 is 5.32 Å². The second-order valence-corrected chi connectivity index (χ2v) is 3.92. The summed E-state index contributed by atoms with van der Waals surface area (Å²) in [6.07, 6.45) is 4.26. The van der Waals surface area contributed by atoms with E-state index in [9.17, 15) is 4.39 Å². The summed E-state index contributed by atoms with van der Waals surface area (Å²) < 4.78 is 13.7. The summed E-state index contributed by atoms with van der Waals surface area (Å²) in [6.45, 7) is 0. The van der Waals surface area contributed by atoms with Crippen molar-refractivity contribution in [2.24, 2.45) is 0 Å². The zero-order valence-electron chi connectivity index (χ0n) is 9.73. The summed E-state index contributed by atoms with van der Waals surface area (Å²) in [4.78, 5) is 3.97. The molecule has 1 unspecified atom stereocenters. The monoisotopic (exact) mass is 230 g/mol. The second-order valence-electron chi connectivity index (χ2n) is 3.92. The smallest absolute Gasteiger partial charge is 0.127 e. The van der Waals surface area contributed by atoms with Gasteiger partial charge in [-0.2, -0.15) is 0 Å². The van der Waals surface area contributed by atoms with Gasteiger partial charge in [0.1, 0.15) is 5.82 Å². The first-order valence-electron chi connectivity index (χ1n) is 5.62. The number of hydrogen-bond donors (Lipinski definition) is 1. The maximum Gasteiger partial charge on any atom is 0.127 e. The number of rotatable bonds is 4. The Labute approximate surface area is 101 Å². The van der Waals surface area contributed by atoms with Gasteiger partial charge in [-0.3, -0.25) is 4.98 Å². The summed E-state index contributed by atoms with van der Waals surface area (Å²) in [5.41, 5.74) is 1.84. The van der Waals surface area contributed by atoms with Gasteiger partial charge in [0.05, 0.1) is 0 Å². The van der Waals surface area contributed by atoms with Gasteiger partial charge in [-0.15, -0.1) is 0 Å². The molecule has 1 aromatic heterocycles. The third kappa shape index (κ3) is 2.88. The summed E-state index contributed by atoms with van der Waals surface area (Å²) in [5, 5.41) is 3.15. The van der Waals surface area contributed by atoms with E-state index in [2.05, 4.69) is 10.3 Å². The van der Waals surface area contributed by atoms with E-state index in [1.807, 2.05) is 31.3 Å². The fourth-order valence-electron chi connectivity index (χ4n) is 1.88. The molecule has 0 saturated heterocycles. The van der Waals surface area contributed by atoms with Crippen LogP contribution in [0.4, 0.5) is 4.39 Å². The topological polar surface area (TPSA) is 24.9 Å². The first kappa shape index (κ1) is 11.7. The van der Waals surface area contributed by atoms with E-state index in [0.717, 1.165) is 12.0 Å². The van der Waals surface area contributed by atoms with E-state index in [0.29, 0.717) is 5.56 Å². The largest absolute Gasteiger partial charge is 0.313 e. The predicted molar refractivity (Wildman–Crippen MR) is 66.1 cm³/mol. The molecule has 0 saturated carbocycles. The van der Waals surface area contributed by atoms with Gasteiger partial charge < -0.3 is 5.32 Å². The molecule has 0 radical (unpaired) electrons. The third-order valence-electron chi connectivity index (χ3n) is 2.82. The number of pyridine rings is 1. The van der Waals surface area contributed by atoms with Crippen LogP contribution >= 0.6 is 0 Å². The van der Waals surface area contributed by atoms with Gasteiger partial charge in [-0.1, -0.05) is 18.2 Å². The lowest BCUT2D eigenvalue weighted by Gasteiger charge is -2.17. The lowest BCUT2D eigenvalue weighted by molar-refractivity contribution is 0.534. The van der Waals surface area contributed by atoms with Crippen LogP contribution in [0, 0.1) is 5.82 Å². The molecule has 0 aliphatic heterocycles. The van der Waals surface area contributed by atoms with Crippen molar-refractivity contribution >= 4 is 0 Å². The molecule has 0 aliphatic carbocycles. The van der Waals surface area contributed by atoms with Gasteiger partial charge in [0.15, 0.2) is 0 Å². The van der Waals surface area contributed by atoms with Crippen LogP contribution in [0.5, 0.6) is 0 Å². The number of aromatic nitrogens is 1. The molecule has 0 bridgehead atoms. The summed E-state index contributed by atoms with van der Waals surface area (Å²) >= 11 is 0. The fraction of sp³-hybridized carbons (Fsp3) is 0.214. The number of likely N-dealkylation sites (N-methyl/N-ethyl adjacent to an activating group) is 1. The van der Waals surface area contributed by atoms with Crippen LogP contribution in [0.15, 0.2) is 48.8 Å². The van der Waals surface area contributed by atoms with Crippen LogP contribution in [0.1, 0.15) is 17.2 Å². The Morgan fingerprint density at radius 1 is 1.18 bits per heavy atom. The summed E-state index contributed by atoms with van der Waals surface area (Å²) in [5.74, 6) is -0.166. The zero-order chi connectivity index (χ0) is 12.1. The Hall–Kier alpha value is -1.74. The van der Waals surface area contributed by atoms with Crippen LogP contribution in [0.3, 0.4) is 0 Å². The number of nitrogens with one attached hydrogen (secondary N) is 1. The molecule has 3 heteroatoms. The van der Waals surface area contributed by atoms with Crippen LogP contribution in [-0.2, 0) is 6.42 Å². The molecular weight excluding hydrogens is 215 g/mol. The minimum absolute atomic E-state index is 0.0152. The quantitative estimate of drug-likeness (QED) is 0.873. The summed E-state index contributed by atoms with van der Waals surface area (Å²) in [6, 6.07) is 10.8. The lowest BCUT2D eigenvalue weighted by Crippen LogP contribution is -2.20. The van der Waals surface area contributed by atoms with Crippen LogP contribution in [-0.4, -0.2) is 12.0 Å². The molecule has 2 rings (SSSR count). The van der Waals surface area contributed by atoms with E-state index in [1.54, 1.807) is 18.5 Å². The molecule has 17 heavy (non-hydrogen) atoms. The van der Waals surface area contributed by atoms with Crippen molar-refractivity contribution in [1.29, 1.82) is 0 Å². The standard InChI is InChI=1S/C14H15FN2/c1-16-14(10-11-6-8-17-9-7-11)12-4-2-3-5-13(12)15/h2-9,14,16H,10H2,1H3. The van der Waals surface area contributed by atoms with Gasteiger partial charge >= 0.3 is 0 Å². The number of benzene rings is 1. The van der Waals surface area contributed by atoms with Crippen LogP contribution in [0.25, 0.3) is 0 Å². The highest BCUT2D eigenvalue weighted by molar-refractivity contribution is 5.24. The Balaban J connectivity index is 2.21. The van der Waals surface area contributed by atoms with Crippen molar-refractivity contribution in [3.05, 3.63) is 65.7 Å². The van der Waals surface area contributed by atoms with Crippen molar-refractivity contribution in [1.82, 2.24) is 10.3 Å². The Morgan fingerprint density at radius 2 is 1.88 bits per heavy atom. The van der Waals surface area contributed by atoms with Crippen LogP contribution in [0.2, 0.25) is 0 Å². The number of hydrogen-bond acceptors (Lipinski definition) is 2. The average molecular weight is 230 g/mol. The molecule has 2 nitrogen and oxygen atoms in total. The molecule has 1 atom stereocenters. The SMILES string of the molecule is CNC(Cc1ccncc1)c1ccccc1F. The maximum absolute atomic E-state index is 13.7. The Morgan fingerprint density at radius 3 is 2.53 bits per heavy atom. The summed E-state index contributed by atoms with van der Waals surface area (Å²) in [7, 11) is 1.85. The molecule has 88 valence electrons. The second kappa shape index (κ2) is 5.55. The molecule has 1 N–H and O–H groups in total. The van der Waals surface area contributed by atoms with E-state index < -0.39 is 0 Å². The molecule has 0 fully saturated rings. The molecule has 1 heterocycles. The molecule has 2 aromatic rings. The minimum Gasteiger partial charge on any atom is -0.313 e. The van der Waals surface area contributed by atoms with Gasteiger partial charge in [-0.05, 0) is 37.2 Å². The molecule has 0 aliphatic rings. The predicted octanol–water partition coefficient (Wildman–Crippen LogP) is 2.72. The molecule has 0 spiro atoms. The highest BCUT2D eigenvalue weighted by Gasteiger charge is 2.13. The highest BCUT2D eigenvalue weighted by atomic mass is 19.1. The van der Waals surface area contributed by atoms with E-state index in [-0.39, 0.29) is 11.9 Å². The molecule has 1 aromatic carbocycles. The first-order valence-corrected chi connectivity index (χ1v) is 5.62. The third-order valence-corrected chi connectivity index (χ3v) is 2.82. The van der Waals surface area contributed by atoms with Gasteiger partial charge in [0.25, 0.3) is 0 Å². The van der Waals surface area contributed by atoms with Gasteiger partial charge in [0.2, 0.25) is 0 Å². The van der Waals surface area contributed by atoms with E-state index in [4.69, 9.17) is 0 Å². The lowest BCUT2D eigenvalue weighted by atomic mass is 9.99.